The standard InChI is InChI=1S/C30H41ClN4O6/c1-6-7-8-9-17-35(28(39)23(18-24(32)37)33-29(40)41-30(3,4)5)26(20-13-15-21(36)16-14-20)27(38)34-25-19(2)11-10-12-22(25)31/h10-16,23,26,36H,6-9,17-18H2,1-5H3,(H2,32,37)(H,33,40)(H,34,38). The van der Waals surface area contributed by atoms with Crippen LogP contribution in [0.1, 0.15) is 77.0 Å². The summed E-state index contributed by atoms with van der Waals surface area (Å²) in [6, 6.07) is 8.50. The zero-order valence-electron chi connectivity index (χ0n) is 24.3. The van der Waals surface area contributed by atoms with Crippen molar-refractivity contribution in [2.75, 3.05) is 11.9 Å². The Hall–Kier alpha value is -3.79. The number of amides is 4. The number of phenols is 1. The van der Waals surface area contributed by atoms with Crippen LogP contribution in [0.25, 0.3) is 0 Å². The normalized spacial score (nSPS) is 12.6. The van der Waals surface area contributed by atoms with Crippen LogP contribution in [0.2, 0.25) is 5.02 Å². The first-order valence-electron chi connectivity index (χ1n) is 13.7. The van der Waals surface area contributed by atoms with E-state index in [1.54, 1.807) is 45.9 Å². The second kappa shape index (κ2) is 15.3. The predicted octanol–water partition coefficient (Wildman–Crippen LogP) is 5.21. The van der Waals surface area contributed by atoms with Crippen molar-refractivity contribution in [1.29, 1.82) is 0 Å². The molecule has 0 aliphatic heterocycles. The smallest absolute Gasteiger partial charge is 0.408 e. The predicted molar refractivity (Wildman–Crippen MR) is 158 cm³/mol. The van der Waals surface area contributed by atoms with E-state index in [0.29, 0.717) is 28.3 Å². The minimum absolute atomic E-state index is 0.0196. The van der Waals surface area contributed by atoms with Gasteiger partial charge in [-0.25, -0.2) is 4.79 Å². The van der Waals surface area contributed by atoms with Crippen molar-refractivity contribution in [2.24, 2.45) is 5.73 Å². The maximum Gasteiger partial charge on any atom is 0.408 e. The van der Waals surface area contributed by atoms with Crippen LogP contribution >= 0.6 is 11.6 Å². The zero-order valence-corrected chi connectivity index (χ0v) is 25.1. The van der Waals surface area contributed by atoms with Gasteiger partial charge in [-0.05, 0) is 63.4 Å². The summed E-state index contributed by atoms with van der Waals surface area (Å²) in [5.41, 5.74) is 6.11. The number of primary amides is 1. The number of halogens is 1. The quantitative estimate of drug-likeness (QED) is 0.236. The maximum absolute atomic E-state index is 14.1. The van der Waals surface area contributed by atoms with Gasteiger partial charge in [0.25, 0.3) is 5.91 Å². The lowest BCUT2D eigenvalue weighted by Gasteiger charge is -2.34. The number of aromatic hydroxyl groups is 1. The highest BCUT2D eigenvalue weighted by molar-refractivity contribution is 6.34. The number of nitrogens with zero attached hydrogens (tertiary/aromatic N) is 1. The van der Waals surface area contributed by atoms with E-state index in [2.05, 4.69) is 17.6 Å². The van der Waals surface area contributed by atoms with E-state index in [1.165, 1.54) is 29.2 Å². The van der Waals surface area contributed by atoms with Gasteiger partial charge >= 0.3 is 6.09 Å². The Bertz CT molecular complexity index is 1190. The highest BCUT2D eigenvalue weighted by Gasteiger charge is 2.37. The van der Waals surface area contributed by atoms with Crippen molar-refractivity contribution in [2.45, 2.75) is 84.4 Å². The van der Waals surface area contributed by atoms with E-state index in [9.17, 15) is 24.3 Å². The summed E-state index contributed by atoms with van der Waals surface area (Å²) >= 11 is 6.38. The molecule has 4 amide bonds. The number of carbonyl (C=O) groups is 4. The summed E-state index contributed by atoms with van der Waals surface area (Å²) < 4.78 is 5.31. The van der Waals surface area contributed by atoms with E-state index in [-0.39, 0.29) is 12.3 Å². The van der Waals surface area contributed by atoms with Gasteiger partial charge in [-0.2, -0.15) is 0 Å². The molecule has 0 heterocycles. The van der Waals surface area contributed by atoms with Gasteiger partial charge < -0.3 is 31.1 Å². The van der Waals surface area contributed by atoms with Gasteiger partial charge in [-0.3, -0.25) is 14.4 Å². The molecule has 0 radical (unpaired) electrons. The third kappa shape index (κ3) is 10.6. The Morgan fingerprint density at radius 1 is 1.05 bits per heavy atom. The lowest BCUT2D eigenvalue weighted by Crippen LogP contribution is -2.53. The molecule has 0 spiro atoms. The number of anilines is 1. The number of benzene rings is 2. The van der Waals surface area contributed by atoms with E-state index in [1.807, 2.05) is 0 Å². The summed E-state index contributed by atoms with van der Waals surface area (Å²) in [6.07, 6.45) is 1.80. The zero-order chi connectivity index (χ0) is 30.7. The molecule has 0 saturated carbocycles. The Morgan fingerprint density at radius 2 is 1.71 bits per heavy atom. The number of para-hydroxylation sites is 1. The number of phenolic OH excluding ortho intramolecular Hbond substituents is 1. The van der Waals surface area contributed by atoms with Gasteiger partial charge in [0.15, 0.2) is 0 Å². The molecule has 224 valence electrons. The molecule has 5 N–H and O–H groups in total. The number of ether oxygens (including phenoxy) is 1. The second-order valence-corrected chi connectivity index (χ2v) is 11.3. The van der Waals surface area contributed by atoms with Crippen molar-refractivity contribution in [3.63, 3.8) is 0 Å². The third-order valence-corrected chi connectivity index (χ3v) is 6.48. The minimum Gasteiger partial charge on any atom is -0.508 e. The van der Waals surface area contributed by atoms with Crippen LogP contribution in [-0.2, 0) is 19.1 Å². The van der Waals surface area contributed by atoms with Crippen LogP contribution in [-0.4, -0.2) is 52.0 Å². The van der Waals surface area contributed by atoms with Gasteiger partial charge in [0.1, 0.15) is 23.4 Å². The molecule has 0 aromatic heterocycles. The van der Waals surface area contributed by atoms with Crippen LogP contribution in [0.4, 0.5) is 10.5 Å². The summed E-state index contributed by atoms with van der Waals surface area (Å²) in [4.78, 5) is 54.0. The molecule has 2 aromatic rings. The van der Waals surface area contributed by atoms with Crippen LogP contribution < -0.4 is 16.4 Å². The van der Waals surface area contributed by atoms with Gasteiger partial charge in [-0.1, -0.05) is 62.1 Å². The number of aryl methyl sites for hydroxylation is 1. The van der Waals surface area contributed by atoms with Crippen molar-refractivity contribution in [3.05, 3.63) is 58.6 Å². The minimum atomic E-state index is -1.39. The van der Waals surface area contributed by atoms with Gasteiger partial charge in [0.05, 0.1) is 17.1 Å². The first-order valence-corrected chi connectivity index (χ1v) is 14.0. The highest BCUT2D eigenvalue weighted by Crippen LogP contribution is 2.30. The van der Waals surface area contributed by atoms with E-state index in [0.717, 1.165) is 19.3 Å². The molecule has 0 bridgehead atoms. The number of alkyl carbamates (subject to hydrolysis) is 1. The number of unbranched alkanes of at least 4 members (excludes halogenated alkanes) is 3. The van der Waals surface area contributed by atoms with Crippen LogP contribution in [0.3, 0.4) is 0 Å². The molecule has 10 nitrogen and oxygen atoms in total. The molecule has 2 atom stereocenters. The molecule has 2 rings (SSSR count). The molecule has 0 fully saturated rings. The van der Waals surface area contributed by atoms with Crippen LogP contribution in [0, 0.1) is 6.92 Å². The molecular weight excluding hydrogens is 548 g/mol. The molecule has 11 heteroatoms. The molecule has 2 unspecified atom stereocenters. The lowest BCUT2D eigenvalue weighted by molar-refractivity contribution is -0.142. The fraction of sp³-hybridized carbons (Fsp3) is 0.467. The topological polar surface area (TPSA) is 151 Å². The largest absolute Gasteiger partial charge is 0.508 e. The van der Waals surface area contributed by atoms with Crippen molar-refractivity contribution >= 4 is 41.1 Å². The van der Waals surface area contributed by atoms with E-state index >= 15 is 0 Å². The van der Waals surface area contributed by atoms with E-state index < -0.39 is 47.9 Å². The molecular formula is C30H41ClN4O6. The van der Waals surface area contributed by atoms with E-state index in [4.69, 9.17) is 22.1 Å². The number of hydrogen-bond acceptors (Lipinski definition) is 6. The number of nitrogens with two attached hydrogens (primary N) is 1. The Balaban J connectivity index is 2.58. The van der Waals surface area contributed by atoms with Crippen LogP contribution in [0.5, 0.6) is 5.75 Å². The number of nitrogens with one attached hydrogen (secondary N) is 2. The van der Waals surface area contributed by atoms with Crippen LogP contribution in [0.15, 0.2) is 42.5 Å². The maximum atomic E-state index is 14.1. The number of rotatable bonds is 13. The highest BCUT2D eigenvalue weighted by atomic mass is 35.5. The Kier molecular flexibility index (Phi) is 12.5. The fourth-order valence-electron chi connectivity index (χ4n) is 4.24. The SMILES string of the molecule is CCCCCCN(C(=O)C(CC(N)=O)NC(=O)OC(C)(C)C)C(C(=O)Nc1c(C)cccc1Cl)c1ccc(O)cc1. The number of carbonyl (C=O) groups excluding carboxylic acids is 4. The first-order chi connectivity index (χ1) is 19.2. The molecule has 0 saturated heterocycles. The molecule has 0 aliphatic rings. The summed E-state index contributed by atoms with van der Waals surface area (Å²) in [5.74, 6) is -2.09. The van der Waals surface area contributed by atoms with Gasteiger partial charge in [0, 0.05) is 6.54 Å². The van der Waals surface area contributed by atoms with Crippen molar-refractivity contribution < 1.29 is 29.0 Å². The molecule has 2 aromatic carbocycles. The molecule has 41 heavy (non-hydrogen) atoms. The summed E-state index contributed by atoms with van der Waals surface area (Å²) in [6.45, 7) is 8.98. The van der Waals surface area contributed by atoms with Crippen molar-refractivity contribution in [1.82, 2.24) is 10.2 Å². The summed E-state index contributed by atoms with van der Waals surface area (Å²) in [5, 5.41) is 15.5. The second-order valence-electron chi connectivity index (χ2n) is 10.9. The van der Waals surface area contributed by atoms with Gasteiger partial charge in [0.2, 0.25) is 11.8 Å². The fourth-order valence-corrected chi connectivity index (χ4v) is 4.51. The summed E-state index contributed by atoms with van der Waals surface area (Å²) in [7, 11) is 0. The number of hydrogen-bond donors (Lipinski definition) is 4. The monoisotopic (exact) mass is 588 g/mol. The first kappa shape index (κ1) is 33.4. The molecule has 0 aliphatic carbocycles. The van der Waals surface area contributed by atoms with Gasteiger partial charge in [-0.15, -0.1) is 0 Å². The average molecular weight is 589 g/mol. The third-order valence-electron chi connectivity index (χ3n) is 6.17. The Morgan fingerprint density at radius 3 is 2.27 bits per heavy atom. The van der Waals surface area contributed by atoms with Crippen molar-refractivity contribution in [3.8, 4) is 5.75 Å². The lowest BCUT2D eigenvalue weighted by atomic mass is 10.0. The average Bonchev–Trinajstić information content (AvgIpc) is 2.86. The Labute approximate surface area is 246 Å².